The van der Waals surface area contributed by atoms with Crippen molar-refractivity contribution in [1.82, 2.24) is 0 Å². The van der Waals surface area contributed by atoms with Crippen LogP contribution in [0.5, 0.6) is 0 Å². The molecule has 2 heteroatoms. The summed E-state index contributed by atoms with van der Waals surface area (Å²) in [6.45, 7) is 3.91. The van der Waals surface area contributed by atoms with E-state index in [4.69, 9.17) is 0 Å². The molecule has 0 spiro atoms. The maximum atomic E-state index is 9.57. The Labute approximate surface area is 101 Å². The maximum Gasteiger partial charge on any atom is 0.0820 e. The Bertz CT molecular complexity index is 432. The summed E-state index contributed by atoms with van der Waals surface area (Å²) in [5.41, 5.74) is 2.58. The predicted molar refractivity (Wildman–Crippen MR) is 70.4 cm³/mol. The van der Waals surface area contributed by atoms with Crippen molar-refractivity contribution < 1.29 is 5.11 Å². The van der Waals surface area contributed by atoms with Crippen molar-refractivity contribution in [1.29, 1.82) is 0 Å². The molecule has 84 valence electrons. The SMILES string of the molecule is Cc1cccc(C2C=CC=C([C@H](C)O)S2)c1. The minimum absolute atomic E-state index is 0.328. The molecule has 1 unspecified atom stereocenters. The van der Waals surface area contributed by atoms with Gasteiger partial charge in [0.1, 0.15) is 0 Å². The van der Waals surface area contributed by atoms with Crippen LogP contribution in [0.3, 0.4) is 0 Å². The van der Waals surface area contributed by atoms with Crippen molar-refractivity contribution in [3.63, 3.8) is 0 Å². The minimum Gasteiger partial charge on any atom is -0.388 e. The normalized spacial score (nSPS) is 21.7. The van der Waals surface area contributed by atoms with E-state index in [2.05, 4.69) is 37.3 Å². The zero-order chi connectivity index (χ0) is 11.5. The molecule has 0 fully saturated rings. The molecule has 0 radical (unpaired) electrons. The fraction of sp³-hybridized carbons (Fsp3) is 0.286. The number of rotatable bonds is 2. The Hall–Kier alpha value is -0.990. The smallest absolute Gasteiger partial charge is 0.0820 e. The highest BCUT2D eigenvalue weighted by molar-refractivity contribution is 8.03. The molecule has 16 heavy (non-hydrogen) atoms. The highest BCUT2D eigenvalue weighted by atomic mass is 32.2. The number of benzene rings is 1. The van der Waals surface area contributed by atoms with Gasteiger partial charge in [-0.05, 0) is 19.4 Å². The standard InChI is InChI=1S/C14H16OS/c1-10-5-3-6-12(9-10)14-8-4-7-13(16-14)11(2)15/h3-9,11,14-15H,1-2H3/t11-,14?/m0/s1. The molecule has 1 aromatic rings. The Morgan fingerprint density at radius 1 is 1.38 bits per heavy atom. The average Bonchev–Trinajstić information content (AvgIpc) is 2.29. The van der Waals surface area contributed by atoms with Crippen LogP contribution in [0.1, 0.15) is 23.3 Å². The van der Waals surface area contributed by atoms with Gasteiger partial charge in [0, 0.05) is 4.91 Å². The van der Waals surface area contributed by atoms with Gasteiger partial charge in [-0.25, -0.2) is 0 Å². The molecular weight excluding hydrogens is 216 g/mol. The third-order valence-corrected chi connectivity index (χ3v) is 4.02. The highest BCUT2D eigenvalue weighted by Crippen LogP contribution is 2.39. The van der Waals surface area contributed by atoms with Crippen molar-refractivity contribution in [3.8, 4) is 0 Å². The van der Waals surface area contributed by atoms with E-state index in [-0.39, 0.29) is 6.10 Å². The fourth-order valence-corrected chi connectivity index (χ4v) is 2.84. The lowest BCUT2D eigenvalue weighted by Crippen LogP contribution is -2.05. The molecule has 1 heterocycles. The van der Waals surface area contributed by atoms with Crippen LogP contribution in [0.25, 0.3) is 0 Å². The number of hydrogen-bond acceptors (Lipinski definition) is 2. The van der Waals surface area contributed by atoms with Gasteiger partial charge in [0.15, 0.2) is 0 Å². The van der Waals surface area contributed by atoms with Gasteiger partial charge in [0.2, 0.25) is 0 Å². The van der Waals surface area contributed by atoms with Gasteiger partial charge in [-0.3, -0.25) is 0 Å². The average molecular weight is 232 g/mol. The molecular formula is C14H16OS. The van der Waals surface area contributed by atoms with Crippen molar-refractivity contribution >= 4 is 11.8 Å². The fourth-order valence-electron chi connectivity index (χ4n) is 1.74. The Morgan fingerprint density at radius 2 is 2.19 bits per heavy atom. The molecule has 0 saturated carbocycles. The molecule has 1 aromatic carbocycles. The Morgan fingerprint density at radius 3 is 2.88 bits per heavy atom. The van der Waals surface area contributed by atoms with Crippen molar-refractivity contribution in [2.24, 2.45) is 0 Å². The highest BCUT2D eigenvalue weighted by Gasteiger charge is 2.16. The van der Waals surface area contributed by atoms with Crippen LogP contribution in [0, 0.1) is 6.92 Å². The lowest BCUT2D eigenvalue weighted by molar-refractivity contribution is 0.240. The van der Waals surface area contributed by atoms with E-state index in [0.29, 0.717) is 5.25 Å². The largest absolute Gasteiger partial charge is 0.388 e. The van der Waals surface area contributed by atoms with Crippen LogP contribution in [0.4, 0.5) is 0 Å². The second-order valence-electron chi connectivity index (χ2n) is 4.08. The van der Waals surface area contributed by atoms with Crippen LogP contribution in [0.2, 0.25) is 0 Å². The third-order valence-electron chi connectivity index (χ3n) is 2.59. The lowest BCUT2D eigenvalue weighted by Gasteiger charge is -2.20. The minimum atomic E-state index is -0.373. The molecule has 1 N–H and O–H groups in total. The van der Waals surface area contributed by atoms with Crippen LogP contribution in [-0.2, 0) is 0 Å². The first-order valence-corrected chi connectivity index (χ1v) is 6.34. The van der Waals surface area contributed by atoms with E-state index in [9.17, 15) is 5.11 Å². The van der Waals surface area contributed by atoms with E-state index in [1.54, 1.807) is 11.8 Å². The van der Waals surface area contributed by atoms with Gasteiger partial charge in [0.05, 0.1) is 11.4 Å². The molecule has 1 nitrogen and oxygen atoms in total. The van der Waals surface area contributed by atoms with Gasteiger partial charge in [-0.2, -0.15) is 0 Å². The van der Waals surface area contributed by atoms with Crippen molar-refractivity contribution in [2.75, 3.05) is 0 Å². The number of allylic oxidation sites excluding steroid dienone is 2. The molecule has 2 atom stereocenters. The number of aliphatic hydroxyl groups is 1. The number of aliphatic hydroxyl groups excluding tert-OH is 1. The van der Waals surface area contributed by atoms with Gasteiger partial charge in [-0.15, -0.1) is 11.8 Å². The zero-order valence-electron chi connectivity index (χ0n) is 9.55. The topological polar surface area (TPSA) is 20.2 Å². The van der Waals surface area contributed by atoms with Gasteiger partial charge >= 0.3 is 0 Å². The first-order chi connectivity index (χ1) is 7.66. The van der Waals surface area contributed by atoms with E-state index >= 15 is 0 Å². The monoisotopic (exact) mass is 232 g/mol. The second-order valence-corrected chi connectivity index (χ2v) is 5.30. The molecule has 0 saturated heterocycles. The van der Waals surface area contributed by atoms with Gasteiger partial charge < -0.3 is 5.11 Å². The summed E-state index contributed by atoms with van der Waals surface area (Å²) in [4.78, 5) is 1.04. The van der Waals surface area contributed by atoms with Gasteiger partial charge in [-0.1, -0.05) is 48.1 Å². The summed E-state index contributed by atoms with van der Waals surface area (Å²) in [5.74, 6) is 0. The number of thioether (sulfide) groups is 1. The first kappa shape index (κ1) is 11.5. The lowest BCUT2D eigenvalue weighted by atomic mass is 10.1. The molecule has 2 rings (SSSR count). The molecule has 1 aliphatic heterocycles. The van der Waals surface area contributed by atoms with Crippen molar-refractivity contribution in [2.45, 2.75) is 25.2 Å². The summed E-state index contributed by atoms with van der Waals surface area (Å²) >= 11 is 1.73. The zero-order valence-corrected chi connectivity index (χ0v) is 10.4. The van der Waals surface area contributed by atoms with Crippen LogP contribution < -0.4 is 0 Å². The summed E-state index contributed by atoms with van der Waals surface area (Å²) in [7, 11) is 0. The predicted octanol–water partition coefficient (Wildman–Crippen LogP) is 3.60. The summed E-state index contributed by atoms with van der Waals surface area (Å²) in [6, 6.07) is 8.53. The molecule has 0 bridgehead atoms. The number of aryl methyl sites for hydroxylation is 1. The third kappa shape index (κ3) is 2.57. The van der Waals surface area contributed by atoms with Gasteiger partial charge in [0.25, 0.3) is 0 Å². The molecule has 1 aliphatic rings. The van der Waals surface area contributed by atoms with Crippen LogP contribution in [-0.4, -0.2) is 11.2 Å². The van der Waals surface area contributed by atoms with Crippen molar-refractivity contribution in [3.05, 3.63) is 58.5 Å². The molecule has 0 amide bonds. The number of hydrogen-bond donors (Lipinski definition) is 1. The van der Waals surface area contributed by atoms with E-state index in [0.717, 1.165) is 4.91 Å². The van der Waals surface area contributed by atoms with Crippen LogP contribution >= 0.6 is 11.8 Å². The summed E-state index contributed by atoms with van der Waals surface area (Å²) < 4.78 is 0. The second kappa shape index (κ2) is 4.89. The molecule has 0 aromatic heterocycles. The Balaban J connectivity index is 2.20. The maximum absolute atomic E-state index is 9.57. The quantitative estimate of drug-likeness (QED) is 0.840. The molecule has 0 aliphatic carbocycles. The summed E-state index contributed by atoms with van der Waals surface area (Å²) in [5, 5.41) is 9.90. The van der Waals surface area contributed by atoms with E-state index in [1.807, 2.05) is 19.1 Å². The first-order valence-electron chi connectivity index (χ1n) is 5.46. The van der Waals surface area contributed by atoms with E-state index in [1.165, 1.54) is 11.1 Å². The van der Waals surface area contributed by atoms with Crippen LogP contribution in [0.15, 0.2) is 47.4 Å². The summed E-state index contributed by atoms with van der Waals surface area (Å²) in [6.07, 6.45) is 5.82. The van der Waals surface area contributed by atoms with E-state index < -0.39 is 0 Å². The Kier molecular flexibility index (Phi) is 3.52.